The highest BCUT2D eigenvalue weighted by molar-refractivity contribution is 5.92. The Kier molecular flexibility index (Phi) is 11.7. The molecule has 1 aromatic carbocycles. The van der Waals surface area contributed by atoms with Crippen LogP contribution in [0, 0.1) is 0 Å². The fraction of sp³-hybridized carbons (Fsp3) is 0.615. The zero-order chi connectivity index (χ0) is 27.6. The monoisotopic (exact) mass is 506 g/mol. The summed E-state index contributed by atoms with van der Waals surface area (Å²) in [6, 6.07) is 3.25. The van der Waals surface area contributed by atoms with E-state index in [1.165, 1.54) is 17.0 Å². The first-order valence-electron chi connectivity index (χ1n) is 12.4. The minimum absolute atomic E-state index is 0.0554. The van der Waals surface area contributed by atoms with Crippen LogP contribution in [0.1, 0.15) is 85.8 Å². The Balaban J connectivity index is 3.47. The van der Waals surface area contributed by atoms with Crippen molar-refractivity contribution in [3.05, 3.63) is 29.8 Å². The number of carbonyl (C=O) groups is 4. The largest absolute Gasteiger partial charge is 0.508 e. The second-order valence-electron chi connectivity index (χ2n) is 10.2. The number of phenols is 1. The first-order valence-corrected chi connectivity index (χ1v) is 12.4. The molecule has 1 rings (SSSR count). The quantitative estimate of drug-likeness (QED) is 0.342. The number of amides is 4. The second-order valence-corrected chi connectivity index (χ2v) is 10.2. The Bertz CT molecular complexity index is 912. The van der Waals surface area contributed by atoms with Crippen LogP contribution in [0.2, 0.25) is 0 Å². The van der Waals surface area contributed by atoms with Gasteiger partial charge in [0, 0.05) is 18.5 Å². The maximum Gasteiger partial charge on any atom is 0.408 e. The molecule has 0 fully saturated rings. The maximum atomic E-state index is 13.9. The lowest BCUT2D eigenvalue weighted by molar-refractivity contribution is -0.145. The number of primary amides is 1. The smallest absolute Gasteiger partial charge is 0.408 e. The third-order valence-electron chi connectivity index (χ3n) is 5.30. The Morgan fingerprint density at radius 1 is 1.08 bits per heavy atom. The average molecular weight is 507 g/mol. The summed E-state index contributed by atoms with van der Waals surface area (Å²) in [6.45, 7) is 12.4. The summed E-state index contributed by atoms with van der Waals surface area (Å²) in [6.07, 6.45) is 0.547. The third kappa shape index (κ3) is 10.1. The lowest BCUT2D eigenvalue weighted by Crippen LogP contribution is -2.55. The van der Waals surface area contributed by atoms with Gasteiger partial charge in [-0.05, 0) is 72.1 Å². The van der Waals surface area contributed by atoms with E-state index in [0.717, 1.165) is 12.8 Å². The Morgan fingerprint density at radius 2 is 1.72 bits per heavy atom. The molecule has 1 aromatic rings. The molecule has 36 heavy (non-hydrogen) atoms. The number of carbonyl (C=O) groups excluding carboxylic acids is 4. The highest BCUT2D eigenvalue weighted by Crippen LogP contribution is 2.28. The van der Waals surface area contributed by atoms with Crippen LogP contribution < -0.4 is 16.4 Å². The van der Waals surface area contributed by atoms with Gasteiger partial charge in [-0.3, -0.25) is 14.4 Å². The minimum atomic E-state index is -1.17. The number of benzene rings is 1. The summed E-state index contributed by atoms with van der Waals surface area (Å²) in [5.41, 5.74) is 4.91. The van der Waals surface area contributed by atoms with Gasteiger partial charge in [-0.25, -0.2) is 4.79 Å². The molecule has 0 aliphatic rings. The number of alkyl carbamates (subject to hydrolysis) is 1. The topological polar surface area (TPSA) is 151 Å². The highest BCUT2D eigenvalue weighted by atomic mass is 16.6. The Labute approximate surface area is 213 Å². The summed E-state index contributed by atoms with van der Waals surface area (Å²) in [5, 5.41) is 15.6. The highest BCUT2D eigenvalue weighted by Gasteiger charge is 2.38. The van der Waals surface area contributed by atoms with Gasteiger partial charge in [0.05, 0.1) is 0 Å². The van der Waals surface area contributed by atoms with Crippen molar-refractivity contribution in [1.82, 2.24) is 15.5 Å². The maximum absolute atomic E-state index is 13.9. The zero-order valence-electron chi connectivity index (χ0n) is 22.5. The van der Waals surface area contributed by atoms with Crippen LogP contribution in [-0.2, 0) is 19.1 Å². The summed E-state index contributed by atoms with van der Waals surface area (Å²) in [7, 11) is 0. The summed E-state index contributed by atoms with van der Waals surface area (Å²) in [5.74, 6) is -1.69. The van der Waals surface area contributed by atoms with E-state index in [9.17, 15) is 24.3 Å². The molecule has 0 heterocycles. The molecule has 3 unspecified atom stereocenters. The van der Waals surface area contributed by atoms with Crippen molar-refractivity contribution in [2.75, 3.05) is 0 Å². The molecule has 0 aromatic heterocycles. The number of nitrogens with one attached hydrogen (secondary N) is 2. The molecule has 5 N–H and O–H groups in total. The van der Waals surface area contributed by atoms with Gasteiger partial charge in [-0.2, -0.15) is 0 Å². The second kappa shape index (κ2) is 13.7. The van der Waals surface area contributed by atoms with Crippen LogP contribution in [0.5, 0.6) is 5.75 Å². The van der Waals surface area contributed by atoms with Crippen LogP contribution in [0.15, 0.2) is 24.3 Å². The molecule has 10 nitrogen and oxygen atoms in total. The van der Waals surface area contributed by atoms with Crippen molar-refractivity contribution in [3.63, 3.8) is 0 Å². The van der Waals surface area contributed by atoms with Crippen LogP contribution >= 0.6 is 0 Å². The van der Waals surface area contributed by atoms with Gasteiger partial charge < -0.3 is 31.1 Å². The normalized spacial score (nSPS) is 13.9. The lowest BCUT2D eigenvalue weighted by Gasteiger charge is -2.37. The van der Waals surface area contributed by atoms with Gasteiger partial charge in [0.1, 0.15) is 23.4 Å². The Hall–Kier alpha value is -3.30. The summed E-state index contributed by atoms with van der Waals surface area (Å²) < 4.78 is 5.30. The first-order chi connectivity index (χ1) is 16.7. The van der Waals surface area contributed by atoms with E-state index in [-0.39, 0.29) is 24.6 Å². The molecule has 0 bridgehead atoms. The van der Waals surface area contributed by atoms with E-state index >= 15 is 0 Å². The van der Waals surface area contributed by atoms with E-state index in [1.807, 2.05) is 13.8 Å². The van der Waals surface area contributed by atoms with E-state index in [2.05, 4.69) is 10.6 Å². The average Bonchev–Trinajstić information content (AvgIpc) is 2.72. The number of ether oxygens (including phenoxy) is 1. The third-order valence-corrected chi connectivity index (χ3v) is 5.30. The molecule has 10 heteroatoms. The van der Waals surface area contributed by atoms with E-state index in [0.29, 0.717) is 5.56 Å². The van der Waals surface area contributed by atoms with Crippen LogP contribution in [-0.4, -0.2) is 57.5 Å². The van der Waals surface area contributed by atoms with Crippen molar-refractivity contribution in [2.24, 2.45) is 5.73 Å². The lowest BCUT2D eigenvalue weighted by atomic mass is 9.99. The van der Waals surface area contributed by atoms with Crippen molar-refractivity contribution < 1.29 is 29.0 Å². The molecular weight excluding hydrogens is 464 g/mol. The van der Waals surface area contributed by atoms with E-state index in [1.54, 1.807) is 46.8 Å². The summed E-state index contributed by atoms with van der Waals surface area (Å²) in [4.78, 5) is 52.7. The number of hydrogen-bond donors (Lipinski definition) is 4. The van der Waals surface area contributed by atoms with Crippen molar-refractivity contribution >= 4 is 23.8 Å². The van der Waals surface area contributed by atoms with Gasteiger partial charge in [0.15, 0.2) is 0 Å². The minimum Gasteiger partial charge on any atom is -0.508 e. The summed E-state index contributed by atoms with van der Waals surface area (Å²) >= 11 is 0. The predicted octanol–water partition coefficient (Wildman–Crippen LogP) is 3.13. The number of aromatic hydroxyl groups is 1. The number of rotatable bonds is 12. The van der Waals surface area contributed by atoms with Crippen LogP contribution in [0.25, 0.3) is 0 Å². The fourth-order valence-corrected chi connectivity index (χ4v) is 3.81. The first kappa shape index (κ1) is 30.7. The van der Waals surface area contributed by atoms with Gasteiger partial charge in [0.25, 0.3) is 0 Å². The van der Waals surface area contributed by atoms with Gasteiger partial charge in [0.2, 0.25) is 17.7 Å². The van der Waals surface area contributed by atoms with Gasteiger partial charge in [-0.15, -0.1) is 0 Å². The molecule has 0 aliphatic carbocycles. The van der Waals surface area contributed by atoms with E-state index < -0.39 is 47.5 Å². The van der Waals surface area contributed by atoms with E-state index in [4.69, 9.17) is 10.5 Å². The number of nitrogens with two attached hydrogens (primary N) is 1. The molecule has 0 radical (unpaired) electrons. The predicted molar refractivity (Wildman–Crippen MR) is 137 cm³/mol. The van der Waals surface area contributed by atoms with Crippen LogP contribution in [0.3, 0.4) is 0 Å². The van der Waals surface area contributed by atoms with Crippen molar-refractivity contribution in [3.8, 4) is 5.75 Å². The molecule has 0 saturated carbocycles. The Morgan fingerprint density at radius 3 is 2.22 bits per heavy atom. The molecule has 4 amide bonds. The fourth-order valence-electron chi connectivity index (χ4n) is 3.81. The van der Waals surface area contributed by atoms with Crippen LogP contribution in [0.4, 0.5) is 4.79 Å². The molecule has 3 atom stereocenters. The SMILES string of the molecule is CCCC(C)NC(=O)C(c1cccc(O)c1)N(C(=O)C(CCC(N)=O)NC(=O)OC(C)(C)C)C(C)C. The van der Waals surface area contributed by atoms with Crippen molar-refractivity contribution in [2.45, 2.75) is 104 Å². The number of phenolic OH excluding ortho intramolecular Hbond substituents is 1. The molecule has 202 valence electrons. The molecule has 0 aliphatic heterocycles. The zero-order valence-corrected chi connectivity index (χ0v) is 22.5. The molecule has 0 saturated heterocycles. The van der Waals surface area contributed by atoms with Gasteiger partial charge in [-0.1, -0.05) is 25.5 Å². The van der Waals surface area contributed by atoms with Crippen molar-refractivity contribution in [1.29, 1.82) is 0 Å². The number of hydrogen-bond acceptors (Lipinski definition) is 6. The molecule has 0 spiro atoms. The molecular formula is C26H42N4O6. The number of nitrogens with zero attached hydrogens (tertiary/aromatic N) is 1. The standard InChI is InChI=1S/C26H42N4O6/c1-8-10-17(4)28-23(33)22(18-11-9-12-19(31)15-18)30(16(2)3)24(34)20(13-14-21(27)32)29-25(35)36-26(5,6)7/h9,11-12,15-17,20,22,31H,8,10,13-14H2,1-7H3,(H2,27,32)(H,28,33)(H,29,35). The van der Waals surface area contributed by atoms with Gasteiger partial charge >= 0.3 is 6.09 Å².